The Morgan fingerprint density at radius 3 is 2.43 bits per heavy atom. The molecule has 37 heavy (non-hydrogen) atoms. The van der Waals surface area contributed by atoms with Crippen molar-refractivity contribution < 1.29 is 34.2 Å². The van der Waals surface area contributed by atoms with Crippen molar-refractivity contribution >= 4 is 29.4 Å². The summed E-state index contributed by atoms with van der Waals surface area (Å²) in [5, 5.41) is 18.6. The highest BCUT2D eigenvalue weighted by Crippen LogP contribution is 2.55. The minimum absolute atomic E-state index is 0.0548. The number of fused-ring (bicyclic) bond motifs is 3. The number of Topliss-reactive ketones (excluding diaryl/α,β-unsaturated/α-hetero) is 1. The lowest BCUT2D eigenvalue weighted by molar-refractivity contribution is -0.141. The van der Waals surface area contributed by atoms with Gasteiger partial charge in [0.2, 0.25) is 11.8 Å². The highest BCUT2D eigenvalue weighted by atomic mass is 16.4. The zero-order chi connectivity index (χ0) is 26.4. The van der Waals surface area contributed by atoms with Gasteiger partial charge in [0.1, 0.15) is 5.75 Å². The standard InChI is InChI=1S/C29H29NO7/c1-15-13-22(32)21-14-20-18(24(26(21)27(15)35)16-6-8-17(31)9-7-16)10-11-19-25(20)29(37)30(28(19)36)12-4-2-3-5-23(33)34/h6-10,13,19-20,24-25,31H,2-5,11-12,14H2,1H3,(H,33,34). The molecular formula is C29H29NO7. The molecule has 1 saturated heterocycles. The summed E-state index contributed by atoms with van der Waals surface area (Å²) >= 11 is 0. The number of aliphatic carboxylic acids is 1. The van der Waals surface area contributed by atoms with Gasteiger partial charge >= 0.3 is 5.97 Å². The van der Waals surface area contributed by atoms with E-state index < -0.39 is 23.7 Å². The van der Waals surface area contributed by atoms with Crippen molar-refractivity contribution in [1.82, 2.24) is 4.90 Å². The van der Waals surface area contributed by atoms with Crippen LogP contribution in [0.4, 0.5) is 0 Å². The molecule has 8 nitrogen and oxygen atoms in total. The van der Waals surface area contributed by atoms with E-state index in [1.165, 1.54) is 11.0 Å². The minimum Gasteiger partial charge on any atom is -0.508 e. The molecule has 2 amide bonds. The molecule has 1 heterocycles. The second-order valence-electron chi connectivity index (χ2n) is 10.4. The number of carboxylic acid groups (broad SMARTS) is 1. The van der Waals surface area contributed by atoms with Crippen LogP contribution in [0.1, 0.15) is 56.9 Å². The van der Waals surface area contributed by atoms with Crippen LogP contribution in [0.5, 0.6) is 5.75 Å². The van der Waals surface area contributed by atoms with E-state index in [4.69, 9.17) is 5.11 Å². The van der Waals surface area contributed by atoms with Crippen molar-refractivity contribution in [1.29, 1.82) is 0 Å². The third-order valence-electron chi connectivity index (χ3n) is 8.15. The molecule has 2 N–H and O–H groups in total. The van der Waals surface area contributed by atoms with E-state index in [0.29, 0.717) is 42.4 Å². The van der Waals surface area contributed by atoms with E-state index in [9.17, 15) is 29.1 Å². The number of rotatable bonds is 7. The highest BCUT2D eigenvalue weighted by Gasteiger charge is 2.56. The average molecular weight is 504 g/mol. The zero-order valence-corrected chi connectivity index (χ0v) is 20.6. The fourth-order valence-corrected chi connectivity index (χ4v) is 6.42. The summed E-state index contributed by atoms with van der Waals surface area (Å²) in [6.07, 6.45) is 5.63. The van der Waals surface area contributed by atoms with Crippen LogP contribution in [-0.4, -0.2) is 51.0 Å². The number of likely N-dealkylation sites (tertiary alicyclic amines) is 1. The molecule has 1 aliphatic heterocycles. The van der Waals surface area contributed by atoms with Gasteiger partial charge in [-0.05, 0) is 62.3 Å². The Bertz CT molecular complexity index is 1300. The number of hydrogen-bond acceptors (Lipinski definition) is 6. The monoisotopic (exact) mass is 503 g/mol. The average Bonchev–Trinajstić information content (AvgIpc) is 3.11. The summed E-state index contributed by atoms with van der Waals surface area (Å²) in [4.78, 5) is 65.3. The maximum Gasteiger partial charge on any atom is 0.303 e. The van der Waals surface area contributed by atoms with Crippen LogP contribution in [-0.2, 0) is 24.0 Å². The number of amides is 2. The smallest absolute Gasteiger partial charge is 0.303 e. The quantitative estimate of drug-likeness (QED) is 0.252. The van der Waals surface area contributed by atoms with Gasteiger partial charge in [-0.15, -0.1) is 0 Å². The molecule has 4 atom stereocenters. The van der Waals surface area contributed by atoms with Gasteiger partial charge in [0.05, 0.1) is 11.8 Å². The van der Waals surface area contributed by atoms with Crippen molar-refractivity contribution in [3.63, 3.8) is 0 Å². The number of carboxylic acids is 1. The van der Waals surface area contributed by atoms with Gasteiger partial charge in [-0.1, -0.05) is 30.2 Å². The molecule has 192 valence electrons. The van der Waals surface area contributed by atoms with E-state index >= 15 is 0 Å². The summed E-state index contributed by atoms with van der Waals surface area (Å²) < 4.78 is 0. The Kier molecular flexibility index (Phi) is 6.43. The predicted octanol–water partition coefficient (Wildman–Crippen LogP) is 3.47. The maximum atomic E-state index is 13.6. The van der Waals surface area contributed by atoms with E-state index in [1.807, 2.05) is 6.08 Å². The van der Waals surface area contributed by atoms with Crippen molar-refractivity contribution in [3.05, 3.63) is 64.3 Å². The lowest BCUT2D eigenvalue weighted by Crippen LogP contribution is -2.39. The third kappa shape index (κ3) is 4.24. The lowest BCUT2D eigenvalue weighted by atomic mass is 9.59. The molecule has 1 aromatic rings. The number of ketones is 2. The van der Waals surface area contributed by atoms with Gasteiger partial charge < -0.3 is 10.2 Å². The number of unbranched alkanes of at least 4 members (excludes halogenated alkanes) is 2. The largest absolute Gasteiger partial charge is 0.508 e. The number of nitrogens with zero attached hydrogens (tertiary/aromatic N) is 1. The summed E-state index contributed by atoms with van der Waals surface area (Å²) in [7, 11) is 0. The Hall–Kier alpha value is -3.81. The number of phenolic OH excluding ortho intramolecular Hbond substituents is 1. The second-order valence-corrected chi connectivity index (χ2v) is 10.4. The number of carbonyl (C=O) groups excluding carboxylic acids is 4. The number of benzene rings is 1. The van der Waals surface area contributed by atoms with Crippen molar-refractivity contribution in [2.24, 2.45) is 17.8 Å². The van der Waals surface area contributed by atoms with Crippen LogP contribution in [0, 0.1) is 17.8 Å². The molecule has 0 aromatic heterocycles. The first kappa shape index (κ1) is 24.9. The Morgan fingerprint density at radius 1 is 1.00 bits per heavy atom. The maximum absolute atomic E-state index is 13.6. The van der Waals surface area contributed by atoms with E-state index in [2.05, 4.69) is 0 Å². The number of aromatic hydroxyl groups is 1. The normalized spacial score (nSPS) is 27.0. The zero-order valence-electron chi connectivity index (χ0n) is 20.6. The Morgan fingerprint density at radius 2 is 1.73 bits per heavy atom. The first-order chi connectivity index (χ1) is 17.7. The first-order valence-electron chi connectivity index (χ1n) is 12.7. The van der Waals surface area contributed by atoms with Crippen molar-refractivity contribution in [2.45, 2.75) is 51.4 Å². The predicted molar refractivity (Wildman–Crippen MR) is 132 cm³/mol. The molecule has 1 fully saturated rings. The molecule has 1 aromatic carbocycles. The molecular weight excluding hydrogens is 474 g/mol. The van der Waals surface area contributed by atoms with E-state index in [0.717, 1.165) is 11.1 Å². The fraction of sp³-hybridized carbons (Fsp3) is 0.414. The number of carbonyl (C=O) groups is 5. The fourth-order valence-electron chi connectivity index (χ4n) is 6.42. The molecule has 0 spiro atoms. The van der Waals surface area contributed by atoms with Crippen LogP contribution < -0.4 is 0 Å². The summed E-state index contributed by atoms with van der Waals surface area (Å²) in [6.45, 7) is 1.88. The molecule has 0 bridgehead atoms. The summed E-state index contributed by atoms with van der Waals surface area (Å²) in [5.41, 5.74) is 2.85. The van der Waals surface area contributed by atoms with Crippen LogP contribution in [0.3, 0.4) is 0 Å². The van der Waals surface area contributed by atoms with Crippen LogP contribution >= 0.6 is 0 Å². The van der Waals surface area contributed by atoms with Gasteiger partial charge in [0.25, 0.3) is 0 Å². The van der Waals surface area contributed by atoms with Gasteiger partial charge in [0.15, 0.2) is 11.6 Å². The molecule has 4 unspecified atom stereocenters. The molecule has 3 aliphatic carbocycles. The van der Waals surface area contributed by atoms with E-state index in [1.54, 1.807) is 31.2 Å². The Balaban J connectivity index is 1.48. The van der Waals surface area contributed by atoms with Gasteiger partial charge in [-0.25, -0.2) is 0 Å². The molecule has 0 saturated carbocycles. The van der Waals surface area contributed by atoms with Crippen molar-refractivity contribution in [3.8, 4) is 5.75 Å². The number of imide groups is 1. The summed E-state index contributed by atoms with van der Waals surface area (Å²) in [5.74, 6) is -3.69. The lowest BCUT2D eigenvalue weighted by Gasteiger charge is -2.42. The topological polar surface area (TPSA) is 129 Å². The molecule has 4 aliphatic rings. The second kappa shape index (κ2) is 9.57. The SMILES string of the molecule is CC1=CC(=O)C2=C(C1=O)C(c1ccc(O)cc1)C1=CCC3C(=O)N(CCCCCC(=O)O)C(=O)C3C1C2. The van der Waals surface area contributed by atoms with Crippen LogP contribution in [0.15, 0.2) is 58.7 Å². The number of allylic oxidation sites excluding steroid dienone is 6. The summed E-state index contributed by atoms with van der Waals surface area (Å²) in [6, 6.07) is 6.55. The minimum atomic E-state index is -0.868. The molecule has 8 heteroatoms. The molecule has 0 radical (unpaired) electrons. The Labute approximate surface area is 214 Å². The van der Waals surface area contributed by atoms with Crippen molar-refractivity contribution in [2.75, 3.05) is 6.54 Å². The number of hydrogen-bond donors (Lipinski definition) is 2. The van der Waals surface area contributed by atoms with Gasteiger partial charge in [-0.3, -0.25) is 28.9 Å². The van der Waals surface area contributed by atoms with Gasteiger partial charge in [-0.2, -0.15) is 0 Å². The van der Waals surface area contributed by atoms with E-state index in [-0.39, 0.29) is 54.4 Å². The third-order valence-corrected chi connectivity index (χ3v) is 8.15. The number of phenols is 1. The van der Waals surface area contributed by atoms with Crippen LogP contribution in [0.25, 0.3) is 0 Å². The van der Waals surface area contributed by atoms with Crippen LogP contribution in [0.2, 0.25) is 0 Å². The molecule has 5 rings (SSSR count). The van der Waals surface area contributed by atoms with Gasteiger partial charge in [0, 0.05) is 35.6 Å². The first-order valence-corrected chi connectivity index (χ1v) is 12.7. The highest BCUT2D eigenvalue weighted by molar-refractivity contribution is 6.23.